The van der Waals surface area contributed by atoms with Crippen LogP contribution in [0, 0.1) is 11.2 Å². The van der Waals surface area contributed by atoms with Crippen molar-refractivity contribution in [1.82, 2.24) is 5.32 Å². The van der Waals surface area contributed by atoms with Crippen LogP contribution in [0.4, 0.5) is 4.39 Å². The Hall–Kier alpha value is -1.42. The first-order valence-corrected chi connectivity index (χ1v) is 6.76. The maximum Gasteiger partial charge on any atom is 0.325 e. The molecule has 1 aromatic carbocycles. The van der Waals surface area contributed by atoms with Crippen molar-refractivity contribution in [3.63, 3.8) is 0 Å². The van der Waals surface area contributed by atoms with Crippen LogP contribution in [0.1, 0.15) is 52.6 Å². The Labute approximate surface area is 120 Å². The summed E-state index contributed by atoms with van der Waals surface area (Å²) >= 11 is 0. The summed E-state index contributed by atoms with van der Waals surface area (Å²) in [6, 6.07) is 4.74. The lowest BCUT2D eigenvalue weighted by Gasteiger charge is -2.35. The van der Waals surface area contributed by atoms with Crippen LogP contribution >= 0.6 is 0 Å². The van der Waals surface area contributed by atoms with Crippen molar-refractivity contribution in [2.24, 2.45) is 5.41 Å². The van der Waals surface area contributed by atoms with Gasteiger partial charge in [-0.2, -0.15) is 0 Å². The van der Waals surface area contributed by atoms with Gasteiger partial charge in [-0.1, -0.05) is 32.9 Å². The minimum absolute atomic E-state index is 0.0857. The van der Waals surface area contributed by atoms with E-state index >= 15 is 0 Å². The fraction of sp³-hybridized carbons (Fsp3) is 0.562. The lowest BCUT2D eigenvalue weighted by molar-refractivity contribution is -0.140. The Balaban J connectivity index is 2.93. The summed E-state index contributed by atoms with van der Waals surface area (Å²) in [7, 11) is 0. The van der Waals surface area contributed by atoms with Crippen LogP contribution in [0.15, 0.2) is 24.3 Å². The van der Waals surface area contributed by atoms with Gasteiger partial charge in [0.2, 0.25) is 0 Å². The highest BCUT2D eigenvalue weighted by atomic mass is 19.1. The zero-order valence-corrected chi connectivity index (χ0v) is 12.8. The highest BCUT2D eigenvalue weighted by Crippen LogP contribution is 2.29. The van der Waals surface area contributed by atoms with E-state index in [9.17, 15) is 14.3 Å². The van der Waals surface area contributed by atoms with Crippen molar-refractivity contribution in [2.45, 2.75) is 52.6 Å². The van der Waals surface area contributed by atoms with E-state index < -0.39 is 12.0 Å². The van der Waals surface area contributed by atoms with Gasteiger partial charge >= 0.3 is 5.97 Å². The second kappa shape index (κ2) is 5.92. The second-order valence-electron chi connectivity index (χ2n) is 7.09. The lowest BCUT2D eigenvalue weighted by atomic mass is 9.81. The number of hydrogen-bond donors (Lipinski definition) is 2. The fourth-order valence-electron chi connectivity index (χ4n) is 2.71. The van der Waals surface area contributed by atoms with Crippen molar-refractivity contribution < 1.29 is 14.3 Å². The second-order valence-corrected chi connectivity index (χ2v) is 7.09. The summed E-state index contributed by atoms with van der Waals surface area (Å²) < 4.78 is 12.9. The van der Waals surface area contributed by atoms with Gasteiger partial charge in [0, 0.05) is 5.54 Å². The number of carboxylic acid groups (broad SMARTS) is 1. The third-order valence-electron chi connectivity index (χ3n) is 2.96. The number of carbonyl (C=O) groups is 1. The molecule has 0 fully saturated rings. The Morgan fingerprint density at radius 2 is 1.70 bits per heavy atom. The Morgan fingerprint density at radius 3 is 2.10 bits per heavy atom. The van der Waals surface area contributed by atoms with Crippen molar-refractivity contribution in [3.8, 4) is 0 Å². The predicted octanol–water partition coefficient (Wildman–Crippen LogP) is 3.76. The van der Waals surface area contributed by atoms with Crippen molar-refractivity contribution in [1.29, 1.82) is 0 Å². The smallest absolute Gasteiger partial charge is 0.325 e. The van der Waals surface area contributed by atoms with E-state index in [0.717, 1.165) is 6.42 Å². The molecule has 0 aliphatic carbocycles. The molecule has 4 heteroatoms. The number of hydrogen-bond acceptors (Lipinski definition) is 2. The summed E-state index contributed by atoms with van der Waals surface area (Å²) in [5, 5.41) is 12.6. The van der Waals surface area contributed by atoms with Crippen LogP contribution in [-0.4, -0.2) is 16.6 Å². The van der Waals surface area contributed by atoms with Crippen molar-refractivity contribution >= 4 is 5.97 Å². The molecule has 0 heterocycles. The van der Waals surface area contributed by atoms with E-state index in [-0.39, 0.29) is 16.8 Å². The van der Waals surface area contributed by atoms with E-state index in [0.29, 0.717) is 5.56 Å². The lowest BCUT2D eigenvalue weighted by Crippen LogP contribution is -2.46. The number of rotatable bonds is 5. The molecule has 1 rings (SSSR count). The fourth-order valence-corrected chi connectivity index (χ4v) is 2.71. The third-order valence-corrected chi connectivity index (χ3v) is 2.96. The molecule has 1 atom stereocenters. The largest absolute Gasteiger partial charge is 0.480 e. The molecule has 0 saturated heterocycles. The average molecular weight is 281 g/mol. The number of aliphatic carboxylic acids is 1. The molecule has 1 aromatic rings. The topological polar surface area (TPSA) is 49.3 Å². The van der Waals surface area contributed by atoms with Gasteiger partial charge in [-0.05, 0) is 43.4 Å². The molecule has 0 bridgehead atoms. The van der Waals surface area contributed by atoms with E-state index in [1.54, 1.807) is 0 Å². The first-order valence-electron chi connectivity index (χ1n) is 6.76. The predicted molar refractivity (Wildman–Crippen MR) is 78.1 cm³/mol. The molecule has 20 heavy (non-hydrogen) atoms. The van der Waals surface area contributed by atoms with Crippen molar-refractivity contribution in [2.75, 3.05) is 0 Å². The summed E-state index contributed by atoms with van der Waals surface area (Å²) in [6.07, 6.45) is 0.824. The highest BCUT2D eigenvalue weighted by molar-refractivity contribution is 5.75. The zero-order chi connectivity index (χ0) is 15.6. The van der Waals surface area contributed by atoms with Crippen LogP contribution in [0.2, 0.25) is 0 Å². The summed E-state index contributed by atoms with van der Waals surface area (Å²) in [6.45, 7) is 10.3. The van der Waals surface area contributed by atoms with Gasteiger partial charge in [-0.15, -0.1) is 0 Å². The number of benzene rings is 1. The van der Waals surface area contributed by atoms with Gasteiger partial charge in [0.05, 0.1) is 0 Å². The molecule has 2 N–H and O–H groups in total. The molecule has 0 amide bonds. The van der Waals surface area contributed by atoms with Gasteiger partial charge in [0.15, 0.2) is 0 Å². The summed E-state index contributed by atoms with van der Waals surface area (Å²) in [4.78, 5) is 11.5. The Morgan fingerprint density at radius 1 is 1.20 bits per heavy atom. The molecule has 0 aliphatic rings. The standard InChI is InChI=1S/C16H24FNO2/c1-15(2,3)10-16(4,5)18-13(14(19)20)11-6-8-12(17)9-7-11/h6-9,13,18H,10H2,1-5H3,(H,19,20). The molecule has 0 aliphatic heterocycles. The molecule has 0 saturated carbocycles. The monoisotopic (exact) mass is 281 g/mol. The van der Waals surface area contributed by atoms with Gasteiger partial charge < -0.3 is 5.11 Å². The van der Waals surface area contributed by atoms with E-state index in [4.69, 9.17) is 0 Å². The number of carboxylic acids is 1. The van der Waals surface area contributed by atoms with Gasteiger partial charge in [-0.25, -0.2) is 4.39 Å². The SMILES string of the molecule is CC(C)(C)CC(C)(C)NC(C(=O)O)c1ccc(F)cc1. The molecule has 3 nitrogen and oxygen atoms in total. The normalized spacial score (nSPS) is 14.1. The molecule has 112 valence electrons. The minimum Gasteiger partial charge on any atom is -0.480 e. The molecule has 0 aromatic heterocycles. The van der Waals surface area contributed by atoms with Crippen LogP contribution in [0.5, 0.6) is 0 Å². The molecule has 1 unspecified atom stereocenters. The molecule has 0 radical (unpaired) electrons. The van der Waals surface area contributed by atoms with Gasteiger partial charge in [0.25, 0.3) is 0 Å². The maximum absolute atomic E-state index is 12.9. The molecular formula is C16H24FNO2. The first kappa shape index (κ1) is 16.6. The average Bonchev–Trinajstić information content (AvgIpc) is 2.23. The van der Waals surface area contributed by atoms with Crippen LogP contribution in [0.3, 0.4) is 0 Å². The molecule has 0 spiro atoms. The number of nitrogens with one attached hydrogen (secondary N) is 1. The number of halogens is 1. The van der Waals surface area contributed by atoms with Gasteiger partial charge in [0.1, 0.15) is 11.9 Å². The quantitative estimate of drug-likeness (QED) is 0.864. The zero-order valence-electron chi connectivity index (χ0n) is 12.8. The highest BCUT2D eigenvalue weighted by Gasteiger charge is 2.31. The van der Waals surface area contributed by atoms with Crippen LogP contribution in [-0.2, 0) is 4.79 Å². The van der Waals surface area contributed by atoms with E-state index in [2.05, 4.69) is 26.1 Å². The first-order chi connectivity index (χ1) is 9.00. The summed E-state index contributed by atoms with van der Waals surface area (Å²) in [5.74, 6) is -1.33. The summed E-state index contributed by atoms with van der Waals surface area (Å²) in [5.41, 5.74) is 0.304. The van der Waals surface area contributed by atoms with Crippen molar-refractivity contribution in [3.05, 3.63) is 35.6 Å². The van der Waals surface area contributed by atoms with Crippen LogP contribution < -0.4 is 5.32 Å². The minimum atomic E-state index is -0.960. The van der Waals surface area contributed by atoms with Crippen LogP contribution in [0.25, 0.3) is 0 Å². The maximum atomic E-state index is 12.9. The third kappa shape index (κ3) is 5.29. The van der Waals surface area contributed by atoms with E-state index in [1.807, 2.05) is 13.8 Å². The Kier molecular flexibility index (Phi) is 4.92. The molecular weight excluding hydrogens is 257 g/mol. The van der Waals surface area contributed by atoms with E-state index in [1.165, 1.54) is 24.3 Å². The Bertz CT molecular complexity index is 460. The van der Waals surface area contributed by atoms with Gasteiger partial charge in [-0.3, -0.25) is 10.1 Å².